The fourth-order valence-corrected chi connectivity index (χ4v) is 2.00. The quantitative estimate of drug-likeness (QED) is 0.831. The van der Waals surface area contributed by atoms with Crippen LogP contribution in [0.3, 0.4) is 0 Å². The Hall–Kier alpha value is -0.790. The van der Waals surface area contributed by atoms with Gasteiger partial charge in [0.15, 0.2) is 0 Å². The second-order valence-electron chi connectivity index (χ2n) is 2.69. The molecule has 1 aromatic rings. The van der Waals surface area contributed by atoms with Crippen LogP contribution in [0, 0.1) is 0 Å². The molecule has 0 spiro atoms. The first-order valence-corrected chi connectivity index (χ1v) is 5.80. The highest BCUT2D eigenvalue weighted by Gasteiger charge is 2.18. The number of hydrogen-bond acceptors (Lipinski definition) is 3. The molecule has 0 saturated heterocycles. The molecule has 0 fully saturated rings. The summed E-state index contributed by atoms with van der Waals surface area (Å²) in [5.41, 5.74) is -0.545. The monoisotopic (exact) mass is 256 g/mol. The Morgan fingerprint density at radius 2 is 2.13 bits per heavy atom. The number of pyridine rings is 1. The Bertz CT molecular complexity index is 464. The van der Waals surface area contributed by atoms with Crippen molar-refractivity contribution in [1.29, 1.82) is 0 Å². The molecule has 0 unspecified atom stereocenters. The topological polar surface area (TPSA) is 73.1 Å². The minimum atomic E-state index is -4.08. The van der Waals surface area contributed by atoms with E-state index < -0.39 is 26.9 Å². The van der Waals surface area contributed by atoms with Gasteiger partial charge in [0, 0.05) is 11.8 Å². The van der Waals surface area contributed by atoms with Gasteiger partial charge in [0.2, 0.25) is 10.0 Å². The highest BCUT2D eigenvalue weighted by Crippen LogP contribution is 2.22. The first-order chi connectivity index (χ1) is 6.86. The molecule has 0 radical (unpaired) electrons. The second kappa shape index (κ2) is 4.38. The van der Waals surface area contributed by atoms with Gasteiger partial charge in [-0.05, 0) is 6.07 Å². The van der Waals surface area contributed by atoms with Gasteiger partial charge in [-0.25, -0.2) is 22.3 Å². The van der Waals surface area contributed by atoms with Gasteiger partial charge in [-0.2, -0.15) is 0 Å². The molecule has 0 aliphatic carbocycles. The Balaban J connectivity index is 3.39. The number of rotatable bonds is 3. The van der Waals surface area contributed by atoms with Crippen molar-refractivity contribution in [2.45, 2.75) is 17.2 Å². The summed E-state index contributed by atoms with van der Waals surface area (Å²) in [6, 6.07) is 0.782. The summed E-state index contributed by atoms with van der Waals surface area (Å²) >= 11 is 5.40. The van der Waals surface area contributed by atoms with Crippen LogP contribution < -0.4 is 5.14 Å². The number of sulfonamides is 1. The third-order valence-electron chi connectivity index (χ3n) is 1.64. The zero-order chi connectivity index (χ0) is 11.6. The average molecular weight is 257 g/mol. The molecule has 15 heavy (non-hydrogen) atoms. The summed E-state index contributed by atoms with van der Waals surface area (Å²) in [4.78, 5) is 3.05. The molecule has 84 valence electrons. The Kier molecular flexibility index (Phi) is 3.58. The normalized spacial score (nSPS) is 12.1. The van der Waals surface area contributed by atoms with Crippen LogP contribution in [0.2, 0.25) is 0 Å². The predicted octanol–water partition coefficient (Wildman–Crippen LogP) is 1.41. The lowest BCUT2D eigenvalue weighted by Crippen LogP contribution is -2.15. The minimum absolute atomic E-state index is 0.0384. The molecule has 2 N–H and O–H groups in total. The molecule has 0 aliphatic heterocycles. The molecule has 0 amide bonds. The summed E-state index contributed by atoms with van der Waals surface area (Å²) in [6.07, 6.45) is -1.93. The van der Waals surface area contributed by atoms with E-state index in [0.717, 1.165) is 12.3 Å². The van der Waals surface area contributed by atoms with Crippen molar-refractivity contribution in [2.24, 2.45) is 5.14 Å². The van der Waals surface area contributed by atoms with E-state index in [1.165, 1.54) is 0 Å². The zero-order valence-corrected chi connectivity index (χ0v) is 8.89. The number of hydrogen-bond donors (Lipinski definition) is 1. The molecule has 0 aromatic carbocycles. The van der Waals surface area contributed by atoms with Gasteiger partial charge in [0.1, 0.15) is 4.90 Å². The van der Waals surface area contributed by atoms with Crippen molar-refractivity contribution in [2.75, 3.05) is 0 Å². The van der Waals surface area contributed by atoms with Gasteiger partial charge in [-0.1, -0.05) is 0 Å². The van der Waals surface area contributed by atoms with E-state index in [2.05, 4.69) is 4.98 Å². The van der Waals surface area contributed by atoms with E-state index >= 15 is 0 Å². The highest BCUT2D eigenvalue weighted by atomic mass is 35.5. The third kappa shape index (κ3) is 2.83. The van der Waals surface area contributed by atoms with E-state index in [9.17, 15) is 17.2 Å². The van der Waals surface area contributed by atoms with Crippen molar-refractivity contribution in [3.8, 4) is 0 Å². The number of halogens is 3. The molecular weight excluding hydrogens is 250 g/mol. The van der Waals surface area contributed by atoms with Gasteiger partial charge in [-0.15, -0.1) is 11.6 Å². The lowest BCUT2D eigenvalue weighted by Gasteiger charge is -2.06. The summed E-state index contributed by atoms with van der Waals surface area (Å²) in [7, 11) is -4.08. The van der Waals surface area contributed by atoms with E-state index in [4.69, 9.17) is 16.7 Å². The summed E-state index contributed by atoms with van der Waals surface area (Å²) in [6.45, 7) is 0. The number of nitrogens with zero attached hydrogens (tertiary/aromatic N) is 1. The van der Waals surface area contributed by atoms with Crippen LogP contribution >= 0.6 is 11.6 Å². The lowest BCUT2D eigenvalue weighted by molar-refractivity contribution is 0.150. The number of primary sulfonamides is 1. The Labute approximate surface area is 90.1 Å². The highest BCUT2D eigenvalue weighted by molar-refractivity contribution is 7.89. The van der Waals surface area contributed by atoms with Gasteiger partial charge < -0.3 is 0 Å². The number of nitrogens with two attached hydrogens (primary N) is 1. The third-order valence-corrected chi connectivity index (χ3v) is 2.86. The standard InChI is InChI=1S/C7H7ClF2N2O2S/c8-2-5-6(15(11,13)14)1-4(3-12-5)7(9)10/h1,3,7H,2H2,(H2,11,13,14). The summed E-state index contributed by atoms with van der Waals surface area (Å²) in [5, 5.41) is 4.83. The van der Waals surface area contributed by atoms with Crippen molar-refractivity contribution in [3.63, 3.8) is 0 Å². The number of aromatic nitrogens is 1. The number of alkyl halides is 3. The van der Waals surface area contributed by atoms with Crippen molar-refractivity contribution >= 4 is 21.6 Å². The molecule has 0 atom stereocenters. The Morgan fingerprint density at radius 1 is 1.53 bits per heavy atom. The first-order valence-electron chi connectivity index (χ1n) is 3.72. The molecule has 4 nitrogen and oxygen atoms in total. The van der Waals surface area contributed by atoms with Gasteiger partial charge in [-0.3, -0.25) is 4.98 Å². The minimum Gasteiger partial charge on any atom is -0.258 e. The van der Waals surface area contributed by atoms with Crippen molar-refractivity contribution < 1.29 is 17.2 Å². The van der Waals surface area contributed by atoms with Crippen LogP contribution in [0.15, 0.2) is 17.2 Å². The molecule has 1 aromatic heterocycles. The van der Waals surface area contributed by atoms with E-state index in [1.807, 2.05) is 0 Å². The Morgan fingerprint density at radius 3 is 2.53 bits per heavy atom. The largest absolute Gasteiger partial charge is 0.265 e. The summed E-state index contributed by atoms with van der Waals surface area (Å²) < 4.78 is 46.6. The van der Waals surface area contributed by atoms with E-state index in [1.54, 1.807) is 0 Å². The lowest BCUT2D eigenvalue weighted by atomic mass is 10.2. The molecule has 0 bridgehead atoms. The molecule has 0 saturated carbocycles. The van der Waals surface area contributed by atoms with Gasteiger partial charge in [0.05, 0.1) is 11.6 Å². The van der Waals surface area contributed by atoms with Crippen LogP contribution in [-0.4, -0.2) is 13.4 Å². The maximum atomic E-state index is 12.3. The molecule has 1 rings (SSSR count). The van der Waals surface area contributed by atoms with Crippen LogP contribution in [0.1, 0.15) is 17.7 Å². The fourth-order valence-electron chi connectivity index (χ4n) is 0.954. The van der Waals surface area contributed by atoms with Crippen LogP contribution in [0.4, 0.5) is 8.78 Å². The van der Waals surface area contributed by atoms with Crippen LogP contribution in [-0.2, 0) is 15.9 Å². The first kappa shape index (κ1) is 12.3. The summed E-state index contributed by atoms with van der Waals surface area (Å²) in [5.74, 6) is -0.213. The van der Waals surface area contributed by atoms with Crippen LogP contribution in [0.5, 0.6) is 0 Å². The molecular formula is C7H7ClF2N2O2S. The second-order valence-corrected chi connectivity index (χ2v) is 4.49. The van der Waals surface area contributed by atoms with Gasteiger partial charge >= 0.3 is 0 Å². The van der Waals surface area contributed by atoms with E-state index in [-0.39, 0.29) is 11.6 Å². The molecule has 0 aliphatic rings. The maximum absolute atomic E-state index is 12.3. The molecule has 1 heterocycles. The maximum Gasteiger partial charge on any atom is 0.265 e. The van der Waals surface area contributed by atoms with Crippen molar-refractivity contribution in [3.05, 3.63) is 23.5 Å². The fraction of sp³-hybridized carbons (Fsp3) is 0.286. The van der Waals surface area contributed by atoms with E-state index in [0.29, 0.717) is 0 Å². The predicted molar refractivity (Wildman–Crippen MR) is 50.1 cm³/mol. The molecule has 8 heteroatoms. The van der Waals surface area contributed by atoms with Crippen molar-refractivity contribution in [1.82, 2.24) is 4.98 Å². The average Bonchev–Trinajstić information content (AvgIpc) is 2.15. The van der Waals surface area contributed by atoms with Crippen LogP contribution in [0.25, 0.3) is 0 Å². The SMILES string of the molecule is NS(=O)(=O)c1cc(C(F)F)cnc1CCl. The smallest absolute Gasteiger partial charge is 0.258 e. The zero-order valence-electron chi connectivity index (χ0n) is 7.32. The van der Waals surface area contributed by atoms with Gasteiger partial charge in [0.25, 0.3) is 6.43 Å².